The zero-order chi connectivity index (χ0) is 52.9. The number of carbonyl (C=O) groups excluding carboxylic acids is 3. The Bertz CT molecular complexity index is 1310. The molecule has 1 atom stereocenters. The van der Waals surface area contributed by atoms with Crippen LogP contribution in [0.25, 0.3) is 0 Å². The lowest BCUT2D eigenvalue weighted by atomic mass is 10.0. The van der Waals surface area contributed by atoms with Gasteiger partial charge >= 0.3 is 17.9 Å². The average molecular weight is 1020 g/mol. The Morgan fingerprint density at radius 2 is 0.534 bits per heavy atom. The van der Waals surface area contributed by atoms with E-state index in [0.29, 0.717) is 19.3 Å². The zero-order valence-electron chi connectivity index (χ0n) is 48.7. The summed E-state index contributed by atoms with van der Waals surface area (Å²) in [5, 5.41) is 0. The van der Waals surface area contributed by atoms with E-state index in [1.54, 1.807) is 0 Å². The number of ether oxygens (including phenoxy) is 3. The molecule has 0 saturated heterocycles. The van der Waals surface area contributed by atoms with Crippen LogP contribution in [0.5, 0.6) is 0 Å². The molecule has 6 nitrogen and oxygen atoms in total. The molecule has 0 aliphatic carbocycles. The van der Waals surface area contributed by atoms with Gasteiger partial charge < -0.3 is 14.2 Å². The van der Waals surface area contributed by atoms with Crippen LogP contribution >= 0.6 is 0 Å². The minimum Gasteiger partial charge on any atom is -0.462 e. The maximum Gasteiger partial charge on any atom is 0.306 e. The number of hydrogen-bond acceptors (Lipinski definition) is 6. The summed E-state index contributed by atoms with van der Waals surface area (Å²) in [7, 11) is 0. The summed E-state index contributed by atoms with van der Waals surface area (Å²) < 4.78 is 16.8. The number of carbonyl (C=O) groups is 3. The van der Waals surface area contributed by atoms with Crippen molar-refractivity contribution >= 4 is 17.9 Å². The van der Waals surface area contributed by atoms with Crippen molar-refractivity contribution in [2.45, 2.75) is 335 Å². The predicted octanol–water partition coefficient (Wildman–Crippen LogP) is 21.6. The fraction of sp³-hybridized carbons (Fsp3) is 0.806. The molecule has 0 fully saturated rings. The number of esters is 3. The topological polar surface area (TPSA) is 78.9 Å². The van der Waals surface area contributed by atoms with Crippen molar-refractivity contribution in [2.75, 3.05) is 13.2 Å². The van der Waals surface area contributed by atoms with Crippen molar-refractivity contribution < 1.29 is 28.6 Å². The van der Waals surface area contributed by atoms with Crippen LogP contribution in [-0.2, 0) is 28.6 Å². The Labute approximate surface area is 453 Å². The Kier molecular flexibility index (Phi) is 59.2. The predicted molar refractivity (Wildman–Crippen MR) is 316 cm³/mol. The summed E-state index contributed by atoms with van der Waals surface area (Å²) in [6, 6.07) is 0. The van der Waals surface area contributed by atoms with Crippen LogP contribution in [0.4, 0.5) is 0 Å². The van der Waals surface area contributed by atoms with Crippen molar-refractivity contribution in [1.82, 2.24) is 0 Å². The molecule has 0 amide bonds. The van der Waals surface area contributed by atoms with Gasteiger partial charge in [-0.25, -0.2) is 0 Å². The standard InChI is InChI=1S/C67H120O6/c1-4-7-10-13-16-18-20-22-23-24-25-26-27-28-29-30-31-32-33-34-35-36-37-38-39-40-41-42-43-45-46-48-51-54-57-60-66(69)72-63-64(62-71-65(68)59-56-53-50-15-12-9-6-3)73-67(70)61-58-55-52-49-47-44-21-19-17-14-11-8-5-2/h8,11,17,19-20,22,24-25,44,47,64H,4-7,9-10,12-16,18,21,23,26-43,45-46,48-63H2,1-3H3/b11-8-,19-17-,22-20-,25-24-,47-44-. The fourth-order valence-corrected chi connectivity index (χ4v) is 9.25. The highest BCUT2D eigenvalue weighted by atomic mass is 16.6. The van der Waals surface area contributed by atoms with E-state index in [1.165, 1.54) is 199 Å². The highest BCUT2D eigenvalue weighted by Gasteiger charge is 2.19. The van der Waals surface area contributed by atoms with Gasteiger partial charge in [-0.1, -0.05) is 287 Å². The first-order valence-electron chi connectivity index (χ1n) is 31.8. The van der Waals surface area contributed by atoms with E-state index in [2.05, 4.69) is 81.5 Å². The molecule has 0 aliphatic heterocycles. The van der Waals surface area contributed by atoms with Crippen molar-refractivity contribution in [3.8, 4) is 0 Å². The second-order valence-electron chi connectivity index (χ2n) is 21.3. The second-order valence-corrected chi connectivity index (χ2v) is 21.3. The molecule has 0 spiro atoms. The lowest BCUT2D eigenvalue weighted by Gasteiger charge is -2.18. The third kappa shape index (κ3) is 59.9. The number of allylic oxidation sites excluding steroid dienone is 10. The quantitative estimate of drug-likeness (QED) is 0.0261. The number of unbranched alkanes of at least 4 members (excludes halogenated alkanes) is 37. The van der Waals surface area contributed by atoms with Gasteiger partial charge in [0.1, 0.15) is 13.2 Å². The van der Waals surface area contributed by atoms with E-state index >= 15 is 0 Å². The first kappa shape index (κ1) is 70.1. The van der Waals surface area contributed by atoms with Crippen molar-refractivity contribution in [1.29, 1.82) is 0 Å². The Balaban J connectivity index is 3.91. The Morgan fingerprint density at radius 3 is 0.849 bits per heavy atom. The molecule has 0 radical (unpaired) electrons. The molecule has 6 heteroatoms. The van der Waals surface area contributed by atoms with E-state index < -0.39 is 6.10 Å². The van der Waals surface area contributed by atoms with E-state index in [1.807, 2.05) is 0 Å². The normalized spacial score (nSPS) is 12.4. The second kappa shape index (κ2) is 61.7. The highest BCUT2D eigenvalue weighted by molar-refractivity contribution is 5.71. The van der Waals surface area contributed by atoms with Gasteiger partial charge in [0.2, 0.25) is 0 Å². The van der Waals surface area contributed by atoms with Gasteiger partial charge in [-0.15, -0.1) is 0 Å². The zero-order valence-corrected chi connectivity index (χ0v) is 48.7. The van der Waals surface area contributed by atoms with Gasteiger partial charge in [0, 0.05) is 19.3 Å². The number of hydrogen-bond donors (Lipinski definition) is 0. The van der Waals surface area contributed by atoms with Gasteiger partial charge in [-0.3, -0.25) is 14.4 Å². The third-order valence-corrected chi connectivity index (χ3v) is 14.0. The molecule has 1 unspecified atom stereocenters. The van der Waals surface area contributed by atoms with Gasteiger partial charge in [0.05, 0.1) is 0 Å². The average Bonchev–Trinajstić information content (AvgIpc) is 3.39. The Hall–Kier alpha value is -2.89. The monoisotopic (exact) mass is 1020 g/mol. The molecule has 0 aromatic rings. The largest absolute Gasteiger partial charge is 0.462 e. The number of rotatable bonds is 58. The molecule has 0 rings (SSSR count). The van der Waals surface area contributed by atoms with Crippen LogP contribution in [-0.4, -0.2) is 37.2 Å². The first-order valence-corrected chi connectivity index (χ1v) is 31.8. The smallest absolute Gasteiger partial charge is 0.306 e. The molecular weight excluding hydrogens is 901 g/mol. The van der Waals surface area contributed by atoms with Crippen LogP contribution in [0.1, 0.15) is 329 Å². The van der Waals surface area contributed by atoms with Crippen LogP contribution in [0.2, 0.25) is 0 Å². The molecule has 424 valence electrons. The van der Waals surface area contributed by atoms with E-state index in [4.69, 9.17) is 14.2 Å². The van der Waals surface area contributed by atoms with Gasteiger partial charge in [-0.2, -0.15) is 0 Å². The van der Waals surface area contributed by atoms with Crippen molar-refractivity contribution in [2.24, 2.45) is 0 Å². The first-order chi connectivity index (χ1) is 36.0. The fourth-order valence-electron chi connectivity index (χ4n) is 9.25. The molecule has 0 saturated carbocycles. The van der Waals surface area contributed by atoms with Crippen LogP contribution in [0.3, 0.4) is 0 Å². The molecule has 0 aromatic carbocycles. The van der Waals surface area contributed by atoms with E-state index in [-0.39, 0.29) is 31.1 Å². The molecule has 0 heterocycles. The van der Waals surface area contributed by atoms with Crippen molar-refractivity contribution in [3.05, 3.63) is 60.8 Å². The minimum absolute atomic E-state index is 0.0824. The SMILES string of the molecule is CC/C=C\C/C=C\C/C=C\CCCCCC(=O)OC(COC(=O)CCCCCCCCC)COC(=O)CCCCCCCCCCCCCCCCCCCCCCCCC/C=C\C/C=C\CCCCCCC. The van der Waals surface area contributed by atoms with Gasteiger partial charge in [0.15, 0.2) is 6.10 Å². The highest BCUT2D eigenvalue weighted by Crippen LogP contribution is 2.17. The summed E-state index contributed by atoms with van der Waals surface area (Å²) in [6.45, 7) is 6.47. The van der Waals surface area contributed by atoms with E-state index in [0.717, 1.165) is 89.9 Å². The summed E-state index contributed by atoms with van der Waals surface area (Å²) in [5.74, 6) is -0.907. The minimum atomic E-state index is -0.784. The molecular formula is C67H120O6. The molecule has 0 aliphatic rings. The summed E-state index contributed by atoms with van der Waals surface area (Å²) in [4.78, 5) is 37.9. The lowest BCUT2D eigenvalue weighted by molar-refractivity contribution is -0.167. The lowest BCUT2D eigenvalue weighted by Crippen LogP contribution is -2.30. The summed E-state index contributed by atoms with van der Waals surface area (Å²) in [5.41, 5.74) is 0. The van der Waals surface area contributed by atoms with E-state index in [9.17, 15) is 14.4 Å². The van der Waals surface area contributed by atoms with Crippen molar-refractivity contribution in [3.63, 3.8) is 0 Å². The third-order valence-electron chi connectivity index (χ3n) is 14.0. The summed E-state index contributed by atoms with van der Waals surface area (Å²) >= 11 is 0. The van der Waals surface area contributed by atoms with Crippen LogP contribution in [0, 0.1) is 0 Å². The molecule has 73 heavy (non-hydrogen) atoms. The summed E-state index contributed by atoms with van der Waals surface area (Å²) in [6.07, 6.45) is 78.6. The molecule has 0 N–H and O–H groups in total. The van der Waals surface area contributed by atoms with Gasteiger partial charge in [-0.05, 0) is 83.5 Å². The maximum absolute atomic E-state index is 12.8. The molecule has 0 bridgehead atoms. The van der Waals surface area contributed by atoms with Gasteiger partial charge in [0.25, 0.3) is 0 Å². The molecule has 0 aromatic heterocycles. The van der Waals surface area contributed by atoms with Crippen LogP contribution < -0.4 is 0 Å². The Morgan fingerprint density at radius 1 is 0.288 bits per heavy atom. The van der Waals surface area contributed by atoms with Crippen LogP contribution in [0.15, 0.2) is 60.8 Å². The maximum atomic E-state index is 12.8.